The lowest BCUT2D eigenvalue weighted by Crippen LogP contribution is -2.56. The molecule has 0 aliphatic rings. The van der Waals surface area contributed by atoms with Crippen LogP contribution in [-0.4, -0.2) is 64.9 Å². The van der Waals surface area contributed by atoms with Crippen molar-refractivity contribution < 1.29 is 0 Å². The first kappa shape index (κ1) is 25.3. The molecular weight excluding hydrogens is 488 g/mol. The van der Waals surface area contributed by atoms with Gasteiger partial charge in [-0.1, -0.05) is 50.3 Å². The van der Waals surface area contributed by atoms with E-state index in [1.807, 2.05) is 40.9 Å². The van der Waals surface area contributed by atoms with Gasteiger partial charge in [0.2, 0.25) is 0 Å². The minimum atomic E-state index is -0.809. The number of nitrogens with zero attached hydrogens (tertiary/aromatic N) is 12. The highest BCUT2D eigenvalue weighted by molar-refractivity contribution is 7.98. The van der Waals surface area contributed by atoms with Crippen LogP contribution in [-0.2, 0) is 25.4 Å². The molecule has 4 aromatic rings. The predicted octanol–water partition coefficient (Wildman–Crippen LogP) is -0.394. The molecule has 4 heterocycles. The summed E-state index contributed by atoms with van der Waals surface area (Å²) in [6.07, 6.45) is 6.77. The molecule has 0 aromatic carbocycles. The minimum Gasteiger partial charge on any atom is -0.247 e. The van der Waals surface area contributed by atoms with Crippen molar-refractivity contribution in [3.63, 3.8) is 0 Å². The van der Waals surface area contributed by atoms with E-state index in [1.54, 1.807) is 18.6 Å². The van der Waals surface area contributed by atoms with E-state index in [-0.39, 0.29) is 31.3 Å². The van der Waals surface area contributed by atoms with Gasteiger partial charge in [-0.2, -0.15) is 0 Å². The molecule has 0 spiro atoms. The maximum atomic E-state index is 13.4. The molecule has 0 saturated heterocycles. The standard InChI is InChI=1S/C20H28N12O3S/c1-13(2)14-7-27(24-21-14)10-30-17(33)31(11-28-8-15(22-25-28)20(3,4)5)19(35)32(18(30)34)12-29-9-16(36-6)23-26-29/h7-9,13H,10-12H2,1-6H3. The van der Waals surface area contributed by atoms with Gasteiger partial charge in [-0.05, 0) is 12.2 Å². The van der Waals surface area contributed by atoms with E-state index in [0.717, 1.165) is 13.7 Å². The Morgan fingerprint density at radius 3 is 1.64 bits per heavy atom. The first-order chi connectivity index (χ1) is 17.0. The summed E-state index contributed by atoms with van der Waals surface area (Å²) >= 11 is 1.37. The summed E-state index contributed by atoms with van der Waals surface area (Å²) in [6.45, 7) is 9.15. The molecule has 4 rings (SSSR count). The van der Waals surface area contributed by atoms with E-state index in [9.17, 15) is 14.4 Å². The summed E-state index contributed by atoms with van der Waals surface area (Å²) in [5, 5.41) is 24.9. The molecule has 36 heavy (non-hydrogen) atoms. The van der Waals surface area contributed by atoms with Gasteiger partial charge in [0.15, 0.2) is 0 Å². The van der Waals surface area contributed by atoms with Gasteiger partial charge in [0, 0.05) is 5.41 Å². The van der Waals surface area contributed by atoms with Crippen molar-refractivity contribution in [1.29, 1.82) is 0 Å². The topological polar surface area (TPSA) is 158 Å². The van der Waals surface area contributed by atoms with E-state index < -0.39 is 17.1 Å². The van der Waals surface area contributed by atoms with Gasteiger partial charge in [-0.25, -0.2) is 42.1 Å². The summed E-state index contributed by atoms with van der Waals surface area (Å²) in [4.78, 5) is 40.0. The smallest absolute Gasteiger partial charge is 0.247 e. The predicted molar refractivity (Wildman–Crippen MR) is 130 cm³/mol. The number of hydrogen-bond donors (Lipinski definition) is 0. The van der Waals surface area contributed by atoms with Gasteiger partial charge in [-0.3, -0.25) is 0 Å². The lowest BCUT2D eigenvalue weighted by molar-refractivity contribution is 0.372. The summed E-state index contributed by atoms with van der Waals surface area (Å²) in [5.74, 6) is 0.114. The molecule has 0 radical (unpaired) electrons. The van der Waals surface area contributed by atoms with E-state index >= 15 is 0 Å². The van der Waals surface area contributed by atoms with E-state index in [2.05, 4.69) is 30.9 Å². The first-order valence-electron chi connectivity index (χ1n) is 11.2. The monoisotopic (exact) mass is 516 g/mol. The van der Waals surface area contributed by atoms with Crippen LogP contribution >= 0.6 is 11.8 Å². The molecule has 0 N–H and O–H groups in total. The van der Waals surface area contributed by atoms with Crippen molar-refractivity contribution in [2.24, 2.45) is 0 Å². The van der Waals surface area contributed by atoms with Crippen molar-refractivity contribution in [2.45, 2.75) is 71.0 Å². The van der Waals surface area contributed by atoms with Crippen LogP contribution in [0.4, 0.5) is 0 Å². The summed E-state index contributed by atoms with van der Waals surface area (Å²) in [5.41, 5.74) is -1.29. The molecule has 0 fully saturated rings. The summed E-state index contributed by atoms with van der Waals surface area (Å²) in [6, 6.07) is 0. The zero-order valence-electron chi connectivity index (χ0n) is 20.9. The van der Waals surface area contributed by atoms with Crippen molar-refractivity contribution in [1.82, 2.24) is 58.7 Å². The molecule has 4 aromatic heterocycles. The molecule has 0 bridgehead atoms. The van der Waals surface area contributed by atoms with Gasteiger partial charge in [-0.15, -0.1) is 27.1 Å². The number of aromatic nitrogens is 12. The van der Waals surface area contributed by atoms with Gasteiger partial charge < -0.3 is 0 Å². The molecule has 0 saturated carbocycles. The van der Waals surface area contributed by atoms with Crippen LogP contribution in [0.25, 0.3) is 0 Å². The normalized spacial score (nSPS) is 12.1. The molecular formula is C20H28N12O3S. The van der Waals surface area contributed by atoms with Crippen LogP contribution in [0.1, 0.15) is 51.9 Å². The molecule has 16 heteroatoms. The van der Waals surface area contributed by atoms with Crippen LogP contribution in [0, 0.1) is 0 Å². The maximum Gasteiger partial charge on any atom is 0.339 e. The van der Waals surface area contributed by atoms with Gasteiger partial charge in [0.1, 0.15) is 25.0 Å². The Hall–Kier alpha value is -3.82. The molecule has 192 valence electrons. The molecule has 0 aliphatic heterocycles. The second-order valence-electron chi connectivity index (χ2n) is 9.59. The number of rotatable bonds is 8. The highest BCUT2D eigenvalue weighted by Gasteiger charge is 2.21. The van der Waals surface area contributed by atoms with Crippen molar-refractivity contribution in [2.75, 3.05) is 6.26 Å². The lowest BCUT2D eigenvalue weighted by Gasteiger charge is -2.14. The van der Waals surface area contributed by atoms with Crippen molar-refractivity contribution in [3.8, 4) is 0 Å². The summed E-state index contributed by atoms with van der Waals surface area (Å²) in [7, 11) is 0. The third kappa shape index (κ3) is 5.07. The average Bonchev–Trinajstić information content (AvgIpc) is 3.57. The minimum absolute atomic E-state index is 0.114. The Kier molecular flexibility index (Phi) is 6.79. The average molecular weight is 517 g/mol. The highest BCUT2D eigenvalue weighted by atomic mass is 32.2. The SMILES string of the molecule is CSc1cn(Cn2c(=O)n(Cn3cc(C(C)C)nn3)c(=O)n(Cn3cc(C(C)(C)C)nn3)c2=O)nn1. The van der Waals surface area contributed by atoms with E-state index in [0.29, 0.717) is 16.4 Å². The highest BCUT2D eigenvalue weighted by Crippen LogP contribution is 2.18. The van der Waals surface area contributed by atoms with Crippen LogP contribution in [0.3, 0.4) is 0 Å². The molecule has 0 unspecified atom stereocenters. The van der Waals surface area contributed by atoms with E-state index in [4.69, 9.17) is 0 Å². The summed E-state index contributed by atoms with van der Waals surface area (Å²) < 4.78 is 6.89. The van der Waals surface area contributed by atoms with Gasteiger partial charge >= 0.3 is 17.1 Å². The van der Waals surface area contributed by atoms with Crippen molar-refractivity contribution in [3.05, 3.63) is 61.4 Å². The Bertz CT molecular complexity index is 1550. The number of hydrogen-bond acceptors (Lipinski definition) is 10. The third-order valence-corrected chi connectivity index (χ3v) is 6.03. The van der Waals surface area contributed by atoms with Crippen LogP contribution in [0.15, 0.2) is 38.0 Å². The van der Waals surface area contributed by atoms with Crippen LogP contribution < -0.4 is 17.1 Å². The van der Waals surface area contributed by atoms with E-state index in [1.165, 1.54) is 25.8 Å². The van der Waals surface area contributed by atoms with Gasteiger partial charge in [0.05, 0.1) is 30.0 Å². The Balaban J connectivity index is 1.81. The Morgan fingerprint density at radius 2 is 1.22 bits per heavy atom. The number of thioether (sulfide) groups is 1. The largest absolute Gasteiger partial charge is 0.339 e. The Labute approximate surface area is 209 Å². The van der Waals surface area contributed by atoms with Crippen LogP contribution in [0.5, 0.6) is 0 Å². The fraction of sp³-hybridized carbons (Fsp3) is 0.550. The quantitative estimate of drug-likeness (QED) is 0.282. The third-order valence-electron chi connectivity index (χ3n) is 5.43. The lowest BCUT2D eigenvalue weighted by atomic mass is 9.93. The fourth-order valence-corrected chi connectivity index (χ4v) is 3.63. The maximum absolute atomic E-state index is 13.4. The van der Waals surface area contributed by atoms with Crippen molar-refractivity contribution >= 4 is 11.8 Å². The molecule has 0 atom stereocenters. The second kappa shape index (κ2) is 9.67. The Morgan fingerprint density at radius 1 is 0.750 bits per heavy atom. The molecule has 0 aliphatic carbocycles. The van der Waals surface area contributed by atoms with Gasteiger partial charge in [0.25, 0.3) is 0 Å². The van der Waals surface area contributed by atoms with Crippen LogP contribution in [0.2, 0.25) is 0 Å². The second-order valence-corrected chi connectivity index (χ2v) is 10.4. The molecule has 0 amide bonds. The zero-order valence-corrected chi connectivity index (χ0v) is 21.7. The fourth-order valence-electron chi connectivity index (χ4n) is 3.28. The molecule has 15 nitrogen and oxygen atoms in total. The first-order valence-corrected chi connectivity index (χ1v) is 12.4. The zero-order chi connectivity index (χ0) is 26.2.